The molecule has 2 aromatic rings. The lowest BCUT2D eigenvalue weighted by molar-refractivity contribution is 0.415. The van der Waals surface area contributed by atoms with E-state index in [1.54, 1.807) is 20.2 Å². The minimum absolute atomic E-state index is 0.00899. The Morgan fingerprint density at radius 3 is 2.81 bits per heavy atom. The Bertz CT molecular complexity index is 716. The number of methoxy groups -OCH3 is 1. The zero-order chi connectivity index (χ0) is 15.3. The number of rotatable bonds is 7. The van der Waals surface area contributed by atoms with E-state index in [1.807, 2.05) is 24.3 Å². The SMILES string of the molecule is CCNS(=O)(=O)CCNc1nccc2cc(OC)ccc12. The van der Waals surface area contributed by atoms with Gasteiger partial charge in [0.25, 0.3) is 0 Å². The van der Waals surface area contributed by atoms with Crippen molar-refractivity contribution < 1.29 is 13.2 Å². The van der Waals surface area contributed by atoms with Crippen LogP contribution in [-0.2, 0) is 10.0 Å². The predicted octanol–water partition coefficient (Wildman–Crippen LogP) is 1.59. The van der Waals surface area contributed by atoms with E-state index >= 15 is 0 Å². The maximum atomic E-state index is 11.6. The first kappa shape index (κ1) is 15.5. The molecule has 1 aromatic heterocycles. The third-order valence-electron chi connectivity index (χ3n) is 3.00. The average Bonchev–Trinajstić information content (AvgIpc) is 2.46. The number of nitrogens with zero attached hydrogens (tertiary/aromatic N) is 1. The number of benzene rings is 1. The van der Waals surface area contributed by atoms with E-state index in [0.29, 0.717) is 18.9 Å². The van der Waals surface area contributed by atoms with Gasteiger partial charge in [0.2, 0.25) is 10.0 Å². The summed E-state index contributed by atoms with van der Waals surface area (Å²) in [5.41, 5.74) is 0. The minimum Gasteiger partial charge on any atom is -0.497 e. The van der Waals surface area contributed by atoms with Crippen molar-refractivity contribution in [2.45, 2.75) is 6.92 Å². The van der Waals surface area contributed by atoms with Crippen LogP contribution >= 0.6 is 0 Å². The second-order valence-corrected chi connectivity index (χ2v) is 6.42. The van der Waals surface area contributed by atoms with Gasteiger partial charge in [-0.15, -0.1) is 0 Å². The van der Waals surface area contributed by atoms with Gasteiger partial charge in [0.05, 0.1) is 12.9 Å². The highest BCUT2D eigenvalue weighted by molar-refractivity contribution is 7.89. The summed E-state index contributed by atoms with van der Waals surface area (Å²) in [4.78, 5) is 4.26. The topological polar surface area (TPSA) is 80.3 Å². The molecule has 21 heavy (non-hydrogen) atoms. The number of nitrogens with one attached hydrogen (secondary N) is 2. The van der Waals surface area contributed by atoms with E-state index < -0.39 is 10.0 Å². The number of hydrogen-bond acceptors (Lipinski definition) is 5. The van der Waals surface area contributed by atoms with Gasteiger partial charge in [-0.3, -0.25) is 0 Å². The number of ether oxygens (including phenoxy) is 1. The van der Waals surface area contributed by atoms with Crippen LogP contribution in [0.4, 0.5) is 5.82 Å². The lowest BCUT2D eigenvalue weighted by Gasteiger charge is -2.10. The molecule has 0 saturated heterocycles. The monoisotopic (exact) mass is 309 g/mol. The highest BCUT2D eigenvalue weighted by atomic mass is 32.2. The van der Waals surface area contributed by atoms with E-state index in [-0.39, 0.29) is 5.75 Å². The Morgan fingerprint density at radius 1 is 1.29 bits per heavy atom. The number of aromatic nitrogens is 1. The van der Waals surface area contributed by atoms with Crippen molar-refractivity contribution in [3.63, 3.8) is 0 Å². The van der Waals surface area contributed by atoms with Crippen molar-refractivity contribution in [1.82, 2.24) is 9.71 Å². The van der Waals surface area contributed by atoms with Crippen LogP contribution in [0.1, 0.15) is 6.92 Å². The van der Waals surface area contributed by atoms with Gasteiger partial charge < -0.3 is 10.1 Å². The van der Waals surface area contributed by atoms with Crippen molar-refractivity contribution in [1.29, 1.82) is 0 Å². The molecule has 0 atom stereocenters. The second kappa shape index (κ2) is 6.73. The molecule has 1 aromatic carbocycles. The quantitative estimate of drug-likeness (QED) is 0.812. The molecule has 0 unspecified atom stereocenters. The van der Waals surface area contributed by atoms with Gasteiger partial charge in [0.15, 0.2) is 0 Å². The van der Waals surface area contributed by atoms with Gasteiger partial charge in [0.1, 0.15) is 11.6 Å². The predicted molar refractivity (Wildman–Crippen MR) is 84.2 cm³/mol. The van der Waals surface area contributed by atoms with Crippen LogP contribution < -0.4 is 14.8 Å². The highest BCUT2D eigenvalue weighted by Gasteiger charge is 2.09. The highest BCUT2D eigenvalue weighted by Crippen LogP contribution is 2.25. The Morgan fingerprint density at radius 2 is 2.10 bits per heavy atom. The van der Waals surface area contributed by atoms with Gasteiger partial charge in [0, 0.05) is 24.7 Å². The van der Waals surface area contributed by atoms with Gasteiger partial charge in [-0.2, -0.15) is 0 Å². The zero-order valence-electron chi connectivity index (χ0n) is 12.1. The first-order valence-electron chi connectivity index (χ1n) is 6.69. The van der Waals surface area contributed by atoms with E-state index in [2.05, 4.69) is 15.0 Å². The summed E-state index contributed by atoms with van der Waals surface area (Å²) < 4.78 is 30.8. The minimum atomic E-state index is -3.23. The van der Waals surface area contributed by atoms with E-state index in [9.17, 15) is 8.42 Å². The number of fused-ring (bicyclic) bond motifs is 1. The van der Waals surface area contributed by atoms with E-state index in [1.165, 1.54) is 0 Å². The number of hydrogen-bond donors (Lipinski definition) is 2. The normalized spacial score (nSPS) is 11.5. The van der Waals surface area contributed by atoms with E-state index in [0.717, 1.165) is 16.5 Å². The van der Waals surface area contributed by atoms with Gasteiger partial charge in [-0.05, 0) is 29.7 Å². The first-order valence-corrected chi connectivity index (χ1v) is 8.35. The van der Waals surface area contributed by atoms with Crippen LogP contribution in [0.15, 0.2) is 30.5 Å². The molecule has 0 aliphatic heterocycles. The number of sulfonamides is 1. The molecule has 0 bridgehead atoms. The Hall–Kier alpha value is -1.86. The third kappa shape index (κ3) is 4.05. The molecule has 1 heterocycles. The molecule has 0 aliphatic rings. The molecule has 0 fully saturated rings. The van der Waals surface area contributed by atoms with Gasteiger partial charge >= 0.3 is 0 Å². The molecule has 7 heteroatoms. The molecule has 0 radical (unpaired) electrons. The van der Waals surface area contributed by atoms with Crippen molar-refractivity contribution >= 4 is 26.6 Å². The summed E-state index contributed by atoms with van der Waals surface area (Å²) in [6.45, 7) is 2.45. The molecule has 2 N–H and O–H groups in total. The summed E-state index contributed by atoms with van der Waals surface area (Å²) >= 11 is 0. The van der Waals surface area contributed by atoms with Crippen molar-refractivity contribution in [3.05, 3.63) is 30.5 Å². The van der Waals surface area contributed by atoms with Crippen molar-refractivity contribution in [3.8, 4) is 5.75 Å². The fourth-order valence-electron chi connectivity index (χ4n) is 2.02. The van der Waals surface area contributed by atoms with Crippen molar-refractivity contribution in [2.75, 3.05) is 31.3 Å². The zero-order valence-corrected chi connectivity index (χ0v) is 12.9. The first-order chi connectivity index (χ1) is 10.1. The largest absolute Gasteiger partial charge is 0.497 e. The fraction of sp³-hybridized carbons (Fsp3) is 0.357. The van der Waals surface area contributed by atoms with Gasteiger partial charge in [-0.1, -0.05) is 6.92 Å². The van der Waals surface area contributed by atoms with Crippen LogP contribution in [0.25, 0.3) is 10.8 Å². The van der Waals surface area contributed by atoms with E-state index in [4.69, 9.17) is 4.74 Å². The third-order valence-corrected chi connectivity index (χ3v) is 4.47. The average molecular weight is 309 g/mol. The summed E-state index contributed by atoms with van der Waals surface area (Å²) in [7, 11) is -1.61. The maximum absolute atomic E-state index is 11.6. The van der Waals surface area contributed by atoms with Crippen molar-refractivity contribution in [2.24, 2.45) is 0 Å². The summed E-state index contributed by atoms with van der Waals surface area (Å²) in [5.74, 6) is 1.45. The standard InChI is InChI=1S/C14H19N3O3S/c1-3-17-21(18,19)9-8-16-14-13-5-4-12(20-2)10-11(13)6-7-15-14/h4-7,10,17H,3,8-9H2,1-2H3,(H,15,16). The van der Waals surface area contributed by atoms with Crippen LogP contribution in [-0.4, -0.2) is 39.4 Å². The van der Waals surface area contributed by atoms with Crippen LogP contribution in [0.5, 0.6) is 5.75 Å². The molecule has 6 nitrogen and oxygen atoms in total. The Balaban J connectivity index is 2.12. The molecule has 114 valence electrons. The Labute approximate surface area is 124 Å². The number of anilines is 1. The summed E-state index contributed by atoms with van der Waals surface area (Å²) in [6, 6.07) is 7.56. The molecular formula is C14H19N3O3S. The Kier molecular flexibility index (Phi) is 4.98. The summed E-state index contributed by atoms with van der Waals surface area (Å²) in [5, 5.41) is 4.99. The van der Waals surface area contributed by atoms with Crippen LogP contribution in [0, 0.1) is 0 Å². The fourth-order valence-corrected chi connectivity index (χ4v) is 2.97. The van der Waals surface area contributed by atoms with Gasteiger partial charge in [-0.25, -0.2) is 18.1 Å². The molecule has 0 saturated carbocycles. The lowest BCUT2D eigenvalue weighted by atomic mass is 10.1. The second-order valence-electron chi connectivity index (χ2n) is 4.49. The molecule has 2 rings (SSSR count). The lowest BCUT2D eigenvalue weighted by Crippen LogP contribution is -2.29. The molecule has 0 amide bonds. The molecule has 0 spiro atoms. The maximum Gasteiger partial charge on any atom is 0.213 e. The molecular weight excluding hydrogens is 290 g/mol. The smallest absolute Gasteiger partial charge is 0.213 e. The molecule has 0 aliphatic carbocycles. The summed E-state index contributed by atoms with van der Waals surface area (Å²) in [6.07, 6.45) is 1.68. The number of pyridine rings is 1. The van der Waals surface area contributed by atoms with Crippen LogP contribution in [0.2, 0.25) is 0 Å². The van der Waals surface area contributed by atoms with Crippen LogP contribution in [0.3, 0.4) is 0 Å².